The fourth-order valence-electron chi connectivity index (χ4n) is 3.19. The summed E-state index contributed by atoms with van der Waals surface area (Å²) in [6.07, 6.45) is 0.0577. The first-order valence-corrected chi connectivity index (χ1v) is 8.49. The summed E-state index contributed by atoms with van der Waals surface area (Å²) in [7, 11) is 0. The van der Waals surface area contributed by atoms with Gasteiger partial charge in [0, 0.05) is 11.1 Å². The SMILES string of the molecule is Cc1ccc2nc(C)cc(C(=O)N3CC(Oc4ccccc4)C3)c2c1. The van der Waals surface area contributed by atoms with Crippen molar-refractivity contribution in [1.29, 1.82) is 0 Å². The van der Waals surface area contributed by atoms with Gasteiger partial charge in [-0.2, -0.15) is 0 Å². The predicted octanol–water partition coefficient (Wildman–Crippen LogP) is 3.76. The van der Waals surface area contributed by atoms with E-state index < -0.39 is 0 Å². The molecule has 1 aliphatic heterocycles. The maximum atomic E-state index is 12.9. The van der Waals surface area contributed by atoms with Crippen LogP contribution < -0.4 is 4.74 Å². The minimum Gasteiger partial charge on any atom is -0.487 e. The smallest absolute Gasteiger partial charge is 0.254 e. The van der Waals surface area contributed by atoms with Gasteiger partial charge in [0.25, 0.3) is 5.91 Å². The molecule has 0 atom stereocenters. The number of fused-ring (bicyclic) bond motifs is 1. The summed E-state index contributed by atoms with van der Waals surface area (Å²) < 4.78 is 5.89. The second-order valence-electron chi connectivity index (χ2n) is 6.59. The van der Waals surface area contributed by atoms with Crippen LogP contribution in [0.1, 0.15) is 21.6 Å². The van der Waals surface area contributed by atoms with E-state index in [2.05, 4.69) is 4.98 Å². The molecular weight excluding hydrogens is 312 g/mol. The van der Waals surface area contributed by atoms with Gasteiger partial charge >= 0.3 is 0 Å². The van der Waals surface area contributed by atoms with Crippen LogP contribution >= 0.6 is 0 Å². The third-order valence-corrected chi connectivity index (χ3v) is 4.50. The Kier molecular flexibility index (Phi) is 3.88. The minimum absolute atomic E-state index is 0.0500. The van der Waals surface area contributed by atoms with E-state index in [4.69, 9.17) is 4.74 Å². The average molecular weight is 332 g/mol. The third-order valence-electron chi connectivity index (χ3n) is 4.50. The molecule has 1 saturated heterocycles. The van der Waals surface area contributed by atoms with Crippen LogP contribution in [0.15, 0.2) is 54.6 Å². The fraction of sp³-hybridized carbons (Fsp3) is 0.238. The number of amides is 1. The van der Waals surface area contributed by atoms with Gasteiger partial charge in [-0.15, -0.1) is 0 Å². The molecule has 0 aliphatic carbocycles. The van der Waals surface area contributed by atoms with Crippen molar-refractivity contribution < 1.29 is 9.53 Å². The minimum atomic E-state index is 0.0500. The predicted molar refractivity (Wildman–Crippen MR) is 98.0 cm³/mol. The monoisotopic (exact) mass is 332 g/mol. The first-order chi connectivity index (χ1) is 12.1. The largest absolute Gasteiger partial charge is 0.487 e. The normalized spacial score (nSPS) is 14.4. The highest BCUT2D eigenvalue weighted by Gasteiger charge is 2.33. The van der Waals surface area contributed by atoms with E-state index in [0.717, 1.165) is 33.5 Å². The second kappa shape index (κ2) is 6.20. The zero-order chi connectivity index (χ0) is 17.4. The first-order valence-electron chi connectivity index (χ1n) is 8.49. The van der Waals surface area contributed by atoms with Crippen molar-refractivity contribution in [3.8, 4) is 5.75 Å². The van der Waals surface area contributed by atoms with E-state index in [1.807, 2.05) is 73.3 Å². The molecule has 4 nitrogen and oxygen atoms in total. The number of nitrogens with zero attached hydrogens (tertiary/aromatic N) is 2. The topological polar surface area (TPSA) is 42.4 Å². The number of carbonyl (C=O) groups excluding carboxylic acids is 1. The summed E-state index contributed by atoms with van der Waals surface area (Å²) in [6.45, 7) is 5.18. The lowest BCUT2D eigenvalue weighted by molar-refractivity contribution is 0.0179. The molecule has 1 aliphatic rings. The summed E-state index contributed by atoms with van der Waals surface area (Å²) in [6, 6.07) is 17.7. The van der Waals surface area contributed by atoms with E-state index in [-0.39, 0.29) is 12.0 Å². The number of hydrogen-bond donors (Lipinski definition) is 0. The molecule has 0 spiro atoms. The van der Waals surface area contributed by atoms with Crippen molar-refractivity contribution in [1.82, 2.24) is 9.88 Å². The lowest BCUT2D eigenvalue weighted by Gasteiger charge is -2.39. The van der Waals surface area contributed by atoms with Crippen molar-refractivity contribution in [3.05, 3.63) is 71.4 Å². The van der Waals surface area contributed by atoms with Crippen molar-refractivity contribution in [2.24, 2.45) is 0 Å². The van der Waals surface area contributed by atoms with Crippen LogP contribution in [0, 0.1) is 13.8 Å². The number of aromatic nitrogens is 1. The number of pyridine rings is 1. The Morgan fingerprint density at radius 1 is 1.08 bits per heavy atom. The van der Waals surface area contributed by atoms with Gasteiger partial charge in [0.1, 0.15) is 11.9 Å². The maximum Gasteiger partial charge on any atom is 0.254 e. The molecule has 0 N–H and O–H groups in total. The lowest BCUT2D eigenvalue weighted by Crippen LogP contribution is -2.56. The quantitative estimate of drug-likeness (QED) is 0.733. The Hall–Kier alpha value is -2.88. The molecule has 0 unspecified atom stereocenters. The molecule has 2 aromatic carbocycles. The van der Waals surface area contributed by atoms with Crippen LogP contribution in [0.3, 0.4) is 0 Å². The van der Waals surface area contributed by atoms with E-state index in [0.29, 0.717) is 13.1 Å². The molecule has 1 aromatic heterocycles. The van der Waals surface area contributed by atoms with Crippen LogP contribution in [0.5, 0.6) is 5.75 Å². The van der Waals surface area contributed by atoms with Crippen molar-refractivity contribution in [3.63, 3.8) is 0 Å². The van der Waals surface area contributed by atoms with Crippen molar-refractivity contribution in [2.75, 3.05) is 13.1 Å². The number of carbonyl (C=O) groups is 1. The highest BCUT2D eigenvalue weighted by Crippen LogP contribution is 2.25. The number of likely N-dealkylation sites (tertiary alicyclic amines) is 1. The summed E-state index contributed by atoms with van der Waals surface area (Å²) in [5, 5.41) is 0.919. The number of aryl methyl sites for hydroxylation is 2. The van der Waals surface area contributed by atoms with E-state index in [1.165, 1.54) is 0 Å². The molecule has 0 saturated carbocycles. The molecule has 0 bridgehead atoms. The van der Waals surface area contributed by atoms with Gasteiger partial charge in [0.05, 0.1) is 24.2 Å². The number of hydrogen-bond acceptors (Lipinski definition) is 3. The molecule has 25 heavy (non-hydrogen) atoms. The first kappa shape index (κ1) is 15.6. The van der Waals surface area contributed by atoms with E-state index >= 15 is 0 Å². The Balaban J connectivity index is 1.53. The number of para-hydroxylation sites is 1. The highest BCUT2D eigenvalue weighted by molar-refractivity contribution is 6.06. The van der Waals surface area contributed by atoms with E-state index in [1.54, 1.807) is 0 Å². The molecule has 4 heteroatoms. The van der Waals surface area contributed by atoms with Crippen LogP contribution in [-0.2, 0) is 0 Å². The number of rotatable bonds is 3. The number of benzene rings is 2. The molecule has 0 radical (unpaired) electrons. The second-order valence-corrected chi connectivity index (χ2v) is 6.59. The van der Waals surface area contributed by atoms with Crippen LogP contribution in [-0.4, -0.2) is 35.0 Å². The molecule has 3 aromatic rings. The standard InChI is InChI=1S/C21H20N2O2/c1-14-8-9-20-18(10-14)19(11-15(2)22-20)21(24)23-12-17(13-23)25-16-6-4-3-5-7-16/h3-11,17H,12-13H2,1-2H3. The average Bonchev–Trinajstić information content (AvgIpc) is 2.58. The van der Waals surface area contributed by atoms with Crippen LogP contribution in [0.2, 0.25) is 0 Å². The molecule has 126 valence electrons. The van der Waals surface area contributed by atoms with E-state index in [9.17, 15) is 4.79 Å². The molecule has 2 heterocycles. The summed E-state index contributed by atoms with van der Waals surface area (Å²) >= 11 is 0. The third kappa shape index (κ3) is 3.07. The highest BCUT2D eigenvalue weighted by atomic mass is 16.5. The summed E-state index contributed by atoms with van der Waals surface area (Å²) in [4.78, 5) is 19.3. The van der Waals surface area contributed by atoms with Gasteiger partial charge in [0.15, 0.2) is 0 Å². The van der Waals surface area contributed by atoms with Gasteiger partial charge in [0.2, 0.25) is 0 Å². The Morgan fingerprint density at radius 2 is 1.84 bits per heavy atom. The molecular formula is C21H20N2O2. The molecule has 1 amide bonds. The maximum absolute atomic E-state index is 12.9. The fourth-order valence-corrected chi connectivity index (χ4v) is 3.19. The van der Waals surface area contributed by atoms with Gasteiger partial charge in [-0.1, -0.05) is 29.8 Å². The zero-order valence-electron chi connectivity index (χ0n) is 14.4. The number of ether oxygens (including phenoxy) is 1. The van der Waals surface area contributed by atoms with Crippen molar-refractivity contribution in [2.45, 2.75) is 20.0 Å². The molecule has 4 rings (SSSR count). The van der Waals surface area contributed by atoms with Gasteiger partial charge < -0.3 is 9.64 Å². The Morgan fingerprint density at radius 3 is 2.60 bits per heavy atom. The van der Waals surface area contributed by atoms with Gasteiger partial charge in [-0.3, -0.25) is 9.78 Å². The lowest BCUT2D eigenvalue weighted by atomic mass is 10.0. The Bertz CT molecular complexity index is 931. The Labute approximate surface area is 147 Å². The van der Waals surface area contributed by atoms with Crippen molar-refractivity contribution >= 4 is 16.8 Å². The molecule has 1 fully saturated rings. The van der Waals surface area contributed by atoms with Crippen LogP contribution in [0.4, 0.5) is 0 Å². The summed E-state index contributed by atoms with van der Waals surface area (Å²) in [5.41, 5.74) is 3.58. The van der Waals surface area contributed by atoms with Gasteiger partial charge in [-0.25, -0.2) is 0 Å². The van der Waals surface area contributed by atoms with Gasteiger partial charge in [-0.05, 0) is 44.2 Å². The zero-order valence-corrected chi connectivity index (χ0v) is 14.4. The summed E-state index contributed by atoms with van der Waals surface area (Å²) in [5.74, 6) is 0.898. The van der Waals surface area contributed by atoms with Crippen LogP contribution in [0.25, 0.3) is 10.9 Å².